The van der Waals surface area contributed by atoms with Crippen LogP contribution < -0.4 is 0 Å². The van der Waals surface area contributed by atoms with Crippen molar-refractivity contribution in [2.24, 2.45) is 0 Å². The lowest BCUT2D eigenvalue weighted by molar-refractivity contribution is -0.225. The van der Waals surface area contributed by atoms with Gasteiger partial charge in [-0.3, -0.25) is 0 Å². The van der Waals surface area contributed by atoms with Crippen LogP contribution in [-0.4, -0.2) is 38.3 Å². The Morgan fingerprint density at radius 2 is 2.10 bits per heavy atom. The first-order chi connectivity index (χ1) is 9.88. The van der Waals surface area contributed by atoms with Crippen LogP contribution in [-0.2, 0) is 9.53 Å². The zero-order chi connectivity index (χ0) is 15.5. The number of phenols is 2. The number of rotatable bonds is 3. The minimum Gasteiger partial charge on any atom is -0.504 e. The summed E-state index contributed by atoms with van der Waals surface area (Å²) in [6.45, 7) is 0. The van der Waals surface area contributed by atoms with E-state index in [0.29, 0.717) is 24.8 Å². The van der Waals surface area contributed by atoms with Gasteiger partial charge in [-0.2, -0.15) is 0 Å². The molecule has 1 fully saturated rings. The summed E-state index contributed by atoms with van der Waals surface area (Å²) in [6, 6.07) is 4.10. The number of carbonyl (C=O) groups excluding carboxylic acids is 1. The van der Waals surface area contributed by atoms with Crippen LogP contribution in [0.15, 0.2) is 24.3 Å². The van der Waals surface area contributed by atoms with Crippen LogP contribution in [0.5, 0.6) is 11.5 Å². The Balaban J connectivity index is 1.97. The van der Waals surface area contributed by atoms with E-state index in [1.54, 1.807) is 0 Å². The minimum absolute atomic E-state index is 0.00653. The zero-order valence-corrected chi connectivity index (χ0v) is 11.4. The van der Waals surface area contributed by atoms with E-state index < -0.39 is 17.9 Å². The third-order valence-corrected chi connectivity index (χ3v) is 3.36. The van der Waals surface area contributed by atoms with Gasteiger partial charge in [-0.05, 0) is 36.6 Å². The highest BCUT2D eigenvalue weighted by molar-refractivity contribution is 5.87. The first-order valence-corrected chi connectivity index (χ1v) is 6.71. The van der Waals surface area contributed by atoms with Crippen LogP contribution in [0.3, 0.4) is 0 Å². The predicted octanol–water partition coefficient (Wildman–Crippen LogP) is 1.28. The van der Waals surface area contributed by atoms with Crippen molar-refractivity contribution in [3.63, 3.8) is 0 Å². The van der Waals surface area contributed by atoms with Crippen molar-refractivity contribution in [1.82, 2.24) is 0 Å². The summed E-state index contributed by atoms with van der Waals surface area (Å²) in [4.78, 5) is 11.7. The Kier molecular flexibility index (Phi) is 4.50. The van der Waals surface area contributed by atoms with Gasteiger partial charge in [0.05, 0.1) is 6.10 Å². The largest absolute Gasteiger partial charge is 0.504 e. The number of ether oxygens (including phenoxy) is 1. The summed E-state index contributed by atoms with van der Waals surface area (Å²) < 4.78 is 4.98. The predicted molar refractivity (Wildman–Crippen MR) is 74.3 cm³/mol. The van der Waals surface area contributed by atoms with Crippen LogP contribution >= 0.6 is 0 Å². The minimum atomic E-state index is -1.63. The van der Waals surface area contributed by atoms with Crippen LogP contribution in [0.4, 0.5) is 0 Å². The molecule has 0 bridgehead atoms. The van der Waals surface area contributed by atoms with Crippen LogP contribution in [0, 0.1) is 0 Å². The van der Waals surface area contributed by atoms with Gasteiger partial charge in [-0.1, -0.05) is 6.07 Å². The Morgan fingerprint density at radius 1 is 1.33 bits per heavy atom. The number of carbonyl (C=O) groups is 1. The number of benzene rings is 1. The van der Waals surface area contributed by atoms with Crippen molar-refractivity contribution in [3.05, 3.63) is 29.8 Å². The fourth-order valence-electron chi connectivity index (χ4n) is 2.31. The van der Waals surface area contributed by atoms with Gasteiger partial charge in [0.15, 0.2) is 11.5 Å². The highest BCUT2D eigenvalue weighted by atomic mass is 16.7. The molecule has 2 unspecified atom stereocenters. The second kappa shape index (κ2) is 6.15. The Labute approximate surface area is 121 Å². The molecule has 2 atom stereocenters. The van der Waals surface area contributed by atoms with Crippen molar-refractivity contribution in [3.8, 4) is 11.5 Å². The summed E-state index contributed by atoms with van der Waals surface area (Å²) in [7, 11) is 0. The normalized spacial score (nSPS) is 25.9. The molecule has 0 aliphatic heterocycles. The summed E-state index contributed by atoms with van der Waals surface area (Å²) in [5.41, 5.74) is 0.498. The molecule has 21 heavy (non-hydrogen) atoms. The molecule has 1 saturated carbocycles. The molecular weight excluding hydrogens is 276 g/mol. The maximum Gasteiger partial charge on any atom is 0.333 e. The molecule has 6 nitrogen and oxygen atoms in total. The standard InChI is InChI=1S/C15H18O6/c16-11-2-1-7-15(20,9-11)21-14(19)6-4-10-3-5-12(17)13(18)8-10/h3-6,8,11,16-18,20H,1-2,7,9H2. The maximum atomic E-state index is 11.7. The van der Waals surface area contributed by atoms with E-state index in [2.05, 4.69) is 0 Å². The summed E-state index contributed by atoms with van der Waals surface area (Å²) in [6.07, 6.45) is 3.31. The summed E-state index contributed by atoms with van der Waals surface area (Å²) in [5.74, 6) is -2.91. The molecule has 4 N–H and O–H groups in total. The molecule has 1 aromatic rings. The Morgan fingerprint density at radius 3 is 2.76 bits per heavy atom. The fraction of sp³-hybridized carbons (Fsp3) is 0.400. The Hall–Kier alpha value is -2.05. The van der Waals surface area contributed by atoms with Crippen LogP contribution in [0.2, 0.25) is 0 Å². The van der Waals surface area contributed by atoms with Crippen molar-refractivity contribution in [1.29, 1.82) is 0 Å². The number of hydrogen-bond donors (Lipinski definition) is 4. The third kappa shape index (κ3) is 4.21. The van der Waals surface area contributed by atoms with E-state index in [1.165, 1.54) is 24.3 Å². The van der Waals surface area contributed by atoms with Gasteiger partial charge < -0.3 is 25.2 Å². The van der Waals surface area contributed by atoms with Crippen molar-refractivity contribution < 1.29 is 30.0 Å². The lowest BCUT2D eigenvalue weighted by Crippen LogP contribution is -2.41. The molecule has 114 valence electrons. The lowest BCUT2D eigenvalue weighted by Gasteiger charge is -2.33. The topological polar surface area (TPSA) is 107 Å². The van der Waals surface area contributed by atoms with E-state index in [0.717, 1.165) is 6.08 Å². The van der Waals surface area contributed by atoms with E-state index in [-0.39, 0.29) is 17.9 Å². The van der Waals surface area contributed by atoms with Gasteiger partial charge in [0.2, 0.25) is 5.79 Å². The van der Waals surface area contributed by atoms with E-state index in [1.807, 2.05) is 0 Å². The average Bonchev–Trinajstić information content (AvgIpc) is 2.39. The number of aliphatic hydroxyl groups excluding tert-OH is 1. The van der Waals surface area contributed by atoms with Crippen LogP contribution in [0.25, 0.3) is 6.08 Å². The molecule has 1 aromatic carbocycles. The first kappa shape index (κ1) is 15.3. The molecule has 0 saturated heterocycles. The molecule has 0 spiro atoms. The van der Waals surface area contributed by atoms with Gasteiger partial charge in [-0.25, -0.2) is 4.79 Å². The van der Waals surface area contributed by atoms with Crippen molar-refractivity contribution in [2.45, 2.75) is 37.6 Å². The molecule has 0 aromatic heterocycles. The highest BCUT2D eigenvalue weighted by Gasteiger charge is 2.36. The van der Waals surface area contributed by atoms with Crippen LogP contribution in [0.1, 0.15) is 31.2 Å². The number of aromatic hydroxyl groups is 2. The van der Waals surface area contributed by atoms with Gasteiger partial charge >= 0.3 is 5.97 Å². The maximum absolute atomic E-state index is 11.7. The van der Waals surface area contributed by atoms with E-state index in [9.17, 15) is 25.2 Å². The second-order valence-electron chi connectivity index (χ2n) is 5.20. The van der Waals surface area contributed by atoms with E-state index >= 15 is 0 Å². The van der Waals surface area contributed by atoms with Gasteiger partial charge in [0.1, 0.15) is 0 Å². The highest BCUT2D eigenvalue weighted by Crippen LogP contribution is 2.30. The molecule has 0 heterocycles. The van der Waals surface area contributed by atoms with Gasteiger partial charge in [0, 0.05) is 18.9 Å². The average molecular weight is 294 g/mol. The van der Waals surface area contributed by atoms with Gasteiger partial charge in [-0.15, -0.1) is 0 Å². The quantitative estimate of drug-likeness (QED) is 0.289. The molecule has 0 radical (unpaired) electrons. The molecule has 1 aliphatic carbocycles. The van der Waals surface area contributed by atoms with Crippen molar-refractivity contribution in [2.75, 3.05) is 0 Å². The number of hydrogen-bond acceptors (Lipinski definition) is 6. The number of aliphatic hydroxyl groups is 2. The number of esters is 1. The monoisotopic (exact) mass is 294 g/mol. The number of phenolic OH excluding ortho intramolecular Hbond substituents is 2. The molecule has 0 amide bonds. The summed E-state index contributed by atoms with van der Waals surface area (Å²) >= 11 is 0. The third-order valence-electron chi connectivity index (χ3n) is 3.36. The molecule has 6 heteroatoms. The van der Waals surface area contributed by atoms with E-state index in [4.69, 9.17) is 4.74 Å². The van der Waals surface area contributed by atoms with Gasteiger partial charge in [0.25, 0.3) is 0 Å². The molecular formula is C15H18O6. The first-order valence-electron chi connectivity index (χ1n) is 6.71. The lowest BCUT2D eigenvalue weighted by atomic mass is 9.92. The second-order valence-corrected chi connectivity index (χ2v) is 5.20. The SMILES string of the molecule is O=C(C=Cc1ccc(O)c(O)c1)OC1(O)CCCC(O)C1. The smallest absolute Gasteiger partial charge is 0.333 e. The zero-order valence-electron chi connectivity index (χ0n) is 11.4. The fourth-order valence-corrected chi connectivity index (χ4v) is 2.31. The molecule has 1 aliphatic rings. The summed E-state index contributed by atoms with van der Waals surface area (Å²) in [5, 5.41) is 38.1. The van der Waals surface area contributed by atoms with Crippen molar-refractivity contribution >= 4 is 12.0 Å². The molecule has 2 rings (SSSR count). The Bertz CT molecular complexity index is 553.